The van der Waals surface area contributed by atoms with Crippen LogP contribution in [0.4, 0.5) is 19.0 Å². The Morgan fingerprint density at radius 3 is 2.55 bits per heavy atom. The van der Waals surface area contributed by atoms with Gasteiger partial charge < -0.3 is 10.4 Å². The molecule has 7 nitrogen and oxygen atoms in total. The van der Waals surface area contributed by atoms with Crippen molar-refractivity contribution in [3.8, 4) is 6.07 Å². The van der Waals surface area contributed by atoms with E-state index in [1.54, 1.807) is 0 Å². The minimum Gasteiger partial charge on any atom is -0.391 e. The van der Waals surface area contributed by atoms with E-state index in [1.807, 2.05) is 6.07 Å². The molecule has 3 aliphatic rings. The van der Waals surface area contributed by atoms with Crippen molar-refractivity contribution in [2.45, 2.75) is 18.7 Å². The summed E-state index contributed by atoms with van der Waals surface area (Å²) in [6, 6.07) is 2.79. The van der Waals surface area contributed by atoms with Gasteiger partial charge in [-0.25, -0.2) is 4.98 Å². The summed E-state index contributed by atoms with van der Waals surface area (Å²) in [5, 5.41) is 22.0. The molecule has 6 atom stereocenters. The summed E-state index contributed by atoms with van der Waals surface area (Å²) in [6.45, 7) is 0.0328. The van der Waals surface area contributed by atoms with Crippen LogP contribution in [0.3, 0.4) is 0 Å². The molecule has 0 radical (unpaired) electrons. The molecule has 1 saturated heterocycles. The number of nitrogens with one attached hydrogen (secondary N) is 1. The predicted octanol–water partition coefficient (Wildman–Crippen LogP) is 1.92. The normalized spacial score (nSPS) is 33.2. The molecule has 2 heterocycles. The maximum absolute atomic E-state index is 12.7. The van der Waals surface area contributed by atoms with Gasteiger partial charge in [-0.1, -0.05) is 11.6 Å². The zero-order chi connectivity index (χ0) is 21.1. The number of imide groups is 1. The van der Waals surface area contributed by atoms with Crippen molar-refractivity contribution in [3.05, 3.63) is 22.8 Å². The third kappa shape index (κ3) is 3.04. The van der Waals surface area contributed by atoms with E-state index < -0.39 is 41.5 Å². The van der Waals surface area contributed by atoms with Crippen molar-refractivity contribution in [2.75, 3.05) is 18.4 Å². The molecule has 2 bridgehead atoms. The Kier molecular flexibility index (Phi) is 4.70. The molecule has 2 saturated carbocycles. The highest BCUT2D eigenvalue weighted by Crippen LogP contribution is 2.58. The Balaban J connectivity index is 1.41. The van der Waals surface area contributed by atoms with E-state index in [-0.39, 0.29) is 41.7 Å². The smallest absolute Gasteiger partial charge is 0.391 e. The second-order valence-corrected chi connectivity index (χ2v) is 7.97. The van der Waals surface area contributed by atoms with Crippen LogP contribution < -0.4 is 5.32 Å². The highest BCUT2D eigenvalue weighted by atomic mass is 35.5. The molecule has 2 aliphatic carbocycles. The van der Waals surface area contributed by atoms with Crippen LogP contribution >= 0.6 is 11.6 Å². The van der Waals surface area contributed by atoms with Crippen LogP contribution in [0.5, 0.6) is 0 Å². The van der Waals surface area contributed by atoms with Gasteiger partial charge in [-0.3, -0.25) is 14.5 Å². The number of amides is 2. The van der Waals surface area contributed by atoms with E-state index >= 15 is 0 Å². The van der Waals surface area contributed by atoms with E-state index in [9.17, 15) is 33.1 Å². The Bertz CT molecular complexity index is 919. The average molecular weight is 429 g/mol. The number of nitrogens with zero attached hydrogens (tertiary/aromatic N) is 3. The lowest BCUT2D eigenvalue weighted by atomic mass is 9.74. The summed E-state index contributed by atoms with van der Waals surface area (Å²) in [5.74, 6) is -3.30. The predicted molar refractivity (Wildman–Crippen MR) is 93.1 cm³/mol. The zero-order valence-corrected chi connectivity index (χ0v) is 15.6. The molecule has 0 aromatic carbocycles. The highest BCUT2D eigenvalue weighted by Gasteiger charge is 2.67. The summed E-state index contributed by atoms with van der Waals surface area (Å²) >= 11 is 5.83. The molecule has 2 N–H and O–H groups in total. The van der Waals surface area contributed by atoms with Crippen LogP contribution in [0, 0.1) is 40.9 Å². The molecule has 1 aromatic rings. The molecule has 29 heavy (non-hydrogen) atoms. The Hall–Kier alpha value is -2.38. The Morgan fingerprint density at radius 1 is 1.31 bits per heavy atom. The van der Waals surface area contributed by atoms with Crippen LogP contribution in [0.2, 0.25) is 5.02 Å². The molecular formula is C18H16ClF3N4O3. The molecular weight excluding hydrogens is 413 g/mol. The topological polar surface area (TPSA) is 106 Å². The van der Waals surface area contributed by atoms with Gasteiger partial charge in [0.05, 0.1) is 40.5 Å². The lowest BCUT2D eigenvalue weighted by molar-refractivity contribution is -0.141. The van der Waals surface area contributed by atoms with E-state index in [0.29, 0.717) is 12.6 Å². The lowest BCUT2D eigenvalue weighted by Crippen LogP contribution is -2.39. The number of rotatable bonds is 4. The number of aliphatic hydroxyl groups excluding tert-OH is 1. The van der Waals surface area contributed by atoms with Gasteiger partial charge in [0.2, 0.25) is 11.8 Å². The summed E-state index contributed by atoms with van der Waals surface area (Å²) in [7, 11) is 0. The molecule has 0 spiro atoms. The van der Waals surface area contributed by atoms with Gasteiger partial charge in [0.15, 0.2) is 0 Å². The van der Waals surface area contributed by atoms with Crippen LogP contribution in [0.25, 0.3) is 0 Å². The van der Waals surface area contributed by atoms with Gasteiger partial charge in [-0.2, -0.15) is 18.4 Å². The monoisotopic (exact) mass is 428 g/mol. The van der Waals surface area contributed by atoms with Crippen molar-refractivity contribution in [1.29, 1.82) is 5.26 Å². The van der Waals surface area contributed by atoms with Crippen molar-refractivity contribution < 1.29 is 27.9 Å². The highest BCUT2D eigenvalue weighted by molar-refractivity contribution is 6.33. The van der Waals surface area contributed by atoms with E-state index in [1.165, 1.54) is 0 Å². The first kappa shape index (κ1) is 19.9. The second-order valence-electron chi connectivity index (χ2n) is 7.57. The van der Waals surface area contributed by atoms with Crippen molar-refractivity contribution >= 4 is 29.2 Å². The van der Waals surface area contributed by atoms with Gasteiger partial charge in [-0.15, -0.1) is 0 Å². The average Bonchev–Trinajstić information content (AvgIpc) is 3.26. The number of hydrogen-bond acceptors (Lipinski definition) is 6. The number of halogens is 4. The van der Waals surface area contributed by atoms with E-state index in [4.69, 9.17) is 11.6 Å². The summed E-state index contributed by atoms with van der Waals surface area (Å²) in [4.78, 5) is 30.2. The number of likely N-dealkylation sites (tertiary alicyclic amines) is 1. The minimum absolute atomic E-state index is 0.0130. The van der Waals surface area contributed by atoms with Gasteiger partial charge in [0.25, 0.3) is 0 Å². The number of pyridine rings is 1. The van der Waals surface area contributed by atoms with Crippen LogP contribution in [0.1, 0.15) is 12.0 Å². The fourth-order valence-electron chi connectivity index (χ4n) is 4.93. The standard InChI is InChI=1S/C18H16ClF3N4O3/c19-11-3-7(18(20,21)22)6-25-15(11)24-1-2-26-16(28)12-8-4-9(13(12)17(26)29)14(27)10(8)5-23/h3,6,8-10,12-14,27H,1-2,4H2,(H,24,25)/t8-,9+,10-,12-,13-,14+/m0/s1. The number of alkyl halides is 3. The fraction of sp³-hybridized carbons (Fsp3) is 0.556. The third-order valence-electron chi connectivity index (χ3n) is 6.17. The number of aliphatic hydroxyl groups is 1. The first-order valence-electron chi connectivity index (χ1n) is 9.04. The fourth-order valence-corrected chi connectivity index (χ4v) is 5.16. The molecule has 3 fully saturated rings. The molecule has 154 valence electrons. The maximum Gasteiger partial charge on any atom is 0.417 e. The van der Waals surface area contributed by atoms with E-state index in [0.717, 1.165) is 11.0 Å². The summed E-state index contributed by atoms with van der Waals surface area (Å²) < 4.78 is 38.0. The molecule has 1 aromatic heterocycles. The summed E-state index contributed by atoms with van der Waals surface area (Å²) in [5.41, 5.74) is -0.980. The SMILES string of the molecule is N#C[C@@H]1[C@H](O)[C@@H]2C[C@@H]1[C@@H]1C(=O)N(CCNc3ncc(C(F)(F)F)cc3Cl)C(=O)[C@@H]21. The van der Waals surface area contributed by atoms with Crippen molar-refractivity contribution in [2.24, 2.45) is 29.6 Å². The first-order valence-corrected chi connectivity index (χ1v) is 9.42. The molecule has 4 rings (SSSR count). The van der Waals surface area contributed by atoms with Gasteiger partial charge in [0, 0.05) is 19.3 Å². The number of carbonyl (C=O) groups is 2. The van der Waals surface area contributed by atoms with Crippen molar-refractivity contribution in [3.63, 3.8) is 0 Å². The quantitative estimate of drug-likeness (QED) is 0.710. The minimum atomic E-state index is -4.56. The molecule has 1 aliphatic heterocycles. The summed E-state index contributed by atoms with van der Waals surface area (Å²) in [6.07, 6.45) is -4.34. The maximum atomic E-state index is 12.7. The Morgan fingerprint density at radius 2 is 1.97 bits per heavy atom. The number of nitriles is 1. The Labute approximate surface area is 168 Å². The zero-order valence-electron chi connectivity index (χ0n) is 14.9. The molecule has 2 amide bonds. The third-order valence-corrected chi connectivity index (χ3v) is 6.46. The number of hydrogen-bond donors (Lipinski definition) is 2. The second kappa shape index (κ2) is 6.85. The van der Waals surface area contributed by atoms with E-state index in [2.05, 4.69) is 10.3 Å². The molecule has 11 heteroatoms. The van der Waals surface area contributed by atoms with Crippen LogP contribution in [-0.2, 0) is 15.8 Å². The lowest BCUT2D eigenvalue weighted by Gasteiger charge is -2.28. The number of fused-ring (bicyclic) bond motifs is 5. The number of carbonyl (C=O) groups excluding carboxylic acids is 2. The first-order chi connectivity index (χ1) is 13.6. The van der Waals surface area contributed by atoms with Gasteiger partial charge >= 0.3 is 6.18 Å². The van der Waals surface area contributed by atoms with Crippen LogP contribution in [0.15, 0.2) is 12.3 Å². The number of anilines is 1. The van der Waals surface area contributed by atoms with Gasteiger partial charge in [-0.05, 0) is 24.3 Å². The number of aromatic nitrogens is 1. The van der Waals surface area contributed by atoms with Crippen molar-refractivity contribution in [1.82, 2.24) is 9.88 Å². The van der Waals surface area contributed by atoms with Gasteiger partial charge in [0.1, 0.15) is 5.82 Å². The van der Waals surface area contributed by atoms with Crippen LogP contribution in [-0.4, -0.2) is 46.0 Å². The largest absolute Gasteiger partial charge is 0.417 e. The molecule has 0 unspecified atom stereocenters.